The van der Waals surface area contributed by atoms with Gasteiger partial charge in [-0.05, 0) is 26.8 Å². The largest absolute Gasteiger partial charge is 0.490 e. The molecule has 4 nitrogen and oxygen atoms in total. The third-order valence-corrected chi connectivity index (χ3v) is 3.94. The maximum absolute atomic E-state index is 6.19. The highest BCUT2D eigenvalue weighted by molar-refractivity contribution is 6.55. The van der Waals surface area contributed by atoms with Crippen LogP contribution < -0.4 is 15.0 Å². The van der Waals surface area contributed by atoms with Crippen molar-refractivity contribution in [1.29, 1.82) is 0 Å². The Labute approximate surface area is 168 Å². The molecule has 0 fully saturated rings. The Bertz CT molecular complexity index is 601. The molecule has 0 aliphatic rings. The third-order valence-electron chi connectivity index (χ3n) is 3.07. The Morgan fingerprint density at radius 2 is 1.68 bits per heavy atom. The molecule has 0 aliphatic heterocycles. The summed E-state index contributed by atoms with van der Waals surface area (Å²) in [5.74, 6) is 0.910. The van der Waals surface area contributed by atoms with E-state index in [4.69, 9.17) is 60.7 Å². The van der Waals surface area contributed by atoms with Crippen LogP contribution in [-0.4, -0.2) is 19.8 Å². The molecule has 0 unspecified atom stereocenters. The molecular weight excluding hydrogens is 408 g/mol. The first-order valence-electron chi connectivity index (χ1n) is 7.59. The minimum absolute atomic E-state index is 0.133. The molecule has 0 heterocycles. The van der Waals surface area contributed by atoms with E-state index in [-0.39, 0.29) is 11.1 Å². The van der Waals surface area contributed by atoms with Crippen LogP contribution in [0.3, 0.4) is 0 Å². The number of ether oxygens (including phenoxy) is 2. The summed E-state index contributed by atoms with van der Waals surface area (Å²) in [6, 6.07) is 3.24. The zero-order valence-corrected chi connectivity index (χ0v) is 17.3. The second-order valence-electron chi connectivity index (χ2n) is 5.30. The van der Waals surface area contributed by atoms with Gasteiger partial charge in [0.05, 0.1) is 23.3 Å². The molecule has 1 rings (SSSR count). The van der Waals surface area contributed by atoms with Crippen molar-refractivity contribution in [3.63, 3.8) is 0 Å². The highest BCUT2D eigenvalue weighted by Gasteiger charge is 2.10. The lowest BCUT2D eigenvalue weighted by Crippen LogP contribution is -2.15. The van der Waals surface area contributed by atoms with Gasteiger partial charge in [-0.2, -0.15) is 0 Å². The summed E-state index contributed by atoms with van der Waals surface area (Å²) in [5, 5.41) is 0.728. The van der Waals surface area contributed by atoms with Crippen molar-refractivity contribution < 1.29 is 14.3 Å². The molecule has 8 heteroatoms. The molecule has 25 heavy (non-hydrogen) atoms. The molecule has 1 N–H and O–H groups in total. The van der Waals surface area contributed by atoms with Crippen LogP contribution in [0, 0.1) is 0 Å². The monoisotopic (exact) mass is 427 g/mol. The summed E-state index contributed by atoms with van der Waals surface area (Å²) in [6.07, 6.45) is 2.19. The van der Waals surface area contributed by atoms with Crippen LogP contribution in [0.4, 0.5) is 0 Å². The number of benzene rings is 1. The Morgan fingerprint density at radius 1 is 1.04 bits per heavy atom. The van der Waals surface area contributed by atoms with E-state index >= 15 is 0 Å². The first kappa shape index (κ1) is 22.3. The van der Waals surface area contributed by atoms with Gasteiger partial charge in [-0.25, -0.2) is 0 Å². The van der Waals surface area contributed by atoms with Crippen LogP contribution in [0.15, 0.2) is 34.0 Å². The fraction of sp³-hybridized carbons (Fsp3) is 0.412. The van der Waals surface area contributed by atoms with E-state index in [1.165, 1.54) is 11.6 Å². The minimum Gasteiger partial charge on any atom is -0.490 e. The lowest BCUT2D eigenvalue weighted by molar-refractivity contribution is 0.0535. The van der Waals surface area contributed by atoms with Crippen LogP contribution in [0.25, 0.3) is 0 Å². The number of hydrogen-bond donors (Lipinski definition) is 1. The van der Waals surface area contributed by atoms with Gasteiger partial charge in [0.15, 0.2) is 5.75 Å². The highest BCUT2D eigenvalue weighted by Crippen LogP contribution is 2.37. The molecule has 140 valence electrons. The van der Waals surface area contributed by atoms with Crippen LogP contribution in [0.2, 0.25) is 10.0 Å². The summed E-state index contributed by atoms with van der Waals surface area (Å²) in [6.45, 7) is 7.09. The zero-order chi connectivity index (χ0) is 18.8. The van der Waals surface area contributed by atoms with Crippen molar-refractivity contribution in [2.75, 3.05) is 19.8 Å². The van der Waals surface area contributed by atoms with Crippen LogP contribution in [0.1, 0.15) is 27.2 Å². The van der Waals surface area contributed by atoms with E-state index < -0.39 is 0 Å². The lowest BCUT2D eigenvalue weighted by atomic mass is 10.3. The summed E-state index contributed by atoms with van der Waals surface area (Å²) in [5.41, 5.74) is 5.03. The first-order valence-corrected chi connectivity index (χ1v) is 9.10. The van der Waals surface area contributed by atoms with Gasteiger partial charge in [-0.1, -0.05) is 52.0 Å². The topological polar surface area (TPSA) is 39.7 Å². The van der Waals surface area contributed by atoms with Crippen LogP contribution in [-0.2, 0) is 4.84 Å². The molecular formula is C17H21Cl4NO3. The van der Waals surface area contributed by atoms with Gasteiger partial charge in [-0.3, -0.25) is 10.3 Å². The molecule has 0 aliphatic carbocycles. The zero-order valence-electron chi connectivity index (χ0n) is 14.3. The molecule has 0 saturated carbocycles. The number of allylic oxidation sites excluding steroid dienone is 2. The maximum Gasteiger partial charge on any atom is 0.156 e. The summed E-state index contributed by atoms with van der Waals surface area (Å²) in [7, 11) is 0. The summed E-state index contributed by atoms with van der Waals surface area (Å²) >= 11 is 23.4. The fourth-order valence-electron chi connectivity index (χ4n) is 1.53. The van der Waals surface area contributed by atoms with Gasteiger partial charge in [0, 0.05) is 24.3 Å². The molecule has 0 amide bonds. The number of halogens is 4. The van der Waals surface area contributed by atoms with Crippen molar-refractivity contribution >= 4 is 46.4 Å². The molecule has 0 spiro atoms. The molecule has 0 radical (unpaired) electrons. The Balaban J connectivity index is 2.43. The van der Waals surface area contributed by atoms with Gasteiger partial charge in [-0.15, -0.1) is 0 Å². The van der Waals surface area contributed by atoms with Gasteiger partial charge < -0.3 is 9.47 Å². The SMILES string of the molecule is CC(C)=C(C)NOCCCOc1c(Cl)cc(OCC=C(Cl)Cl)cc1Cl. The highest BCUT2D eigenvalue weighted by atomic mass is 35.5. The number of rotatable bonds is 10. The van der Waals surface area contributed by atoms with E-state index in [2.05, 4.69) is 5.48 Å². The van der Waals surface area contributed by atoms with Crippen molar-refractivity contribution in [3.8, 4) is 11.5 Å². The van der Waals surface area contributed by atoms with Crippen molar-refractivity contribution in [1.82, 2.24) is 5.48 Å². The van der Waals surface area contributed by atoms with Gasteiger partial charge in [0.25, 0.3) is 0 Å². The number of hydrogen-bond acceptors (Lipinski definition) is 4. The van der Waals surface area contributed by atoms with Gasteiger partial charge >= 0.3 is 0 Å². The van der Waals surface area contributed by atoms with E-state index in [9.17, 15) is 0 Å². The summed E-state index contributed by atoms with van der Waals surface area (Å²) in [4.78, 5) is 5.34. The predicted molar refractivity (Wildman–Crippen MR) is 105 cm³/mol. The number of nitrogens with one attached hydrogen (secondary N) is 1. The Kier molecular flexibility index (Phi) is 10.5. The molecule has 0 saturated heterocycles. The minimum atomic E-state index is 0.133. The first-order chi connectivity index (χ1) is 11.8. The average molecular weight is 429 g/mol. The van der Waals surface area contributed by atoms with Crippen molar-refractivity contribution in [2.45, 2.75) is 27.2 Å². The molecule has 0 atom stereocenters. The predicted octanol–water partition coefficient (Wildman–Crippen LogP) is 6.30. The van der Waals surface area contributed by atoms with Crippen LogP contribution >= 0.6 is 46.4 Å². The smallest absolute Gasteiger partial charge is 0.156 e. The quantitative estimate of drug-likeness (QED) is 0.350. The second-order valence-corrected chi connectivity index (χ2v) is 7.12. The Morgan fingerprint density at radius 3 is 2.24 bits per heavy atom. The van der Waals surface area contributed by atoms with Crippen LogP contribution in [0.5, 0.6) is 11.5 Å². The number of hydroxylamine groups is 1. The van der Waals surface area contributed by atoms with Crippen molar-refractivity contribution in [2.24, 2.45) is 0 Å². The lowest BCUT2D eigenvalue weighted by Gasteiger charge is -2.13. The van der Waals surface area contributed by atoms with E-state index in [1.54, 1.807) is 12.1 Å². The summed E-state index contributed by atoms with van der Waals surface area (Å²) < 4.78 is 11.2. The fourth-order valence-corrected chi connectivity index (χ4v) is 2.23. The standard InChI is InChI=1S/C17H21Cl4NO3/c1-11(2)12(3)22-25-7-4-6-24-17-14(18)9-13(10-15(17)19)23-8-5-16(20)21/h5,9-10,22H,4,6-8H2,1-3H3. The molecule has 1 aromatic carbocycles. The third kappa shape index (κ3) is 8.93. The molecule has 0 aromatic heterocycles. The van der Waals surface area contributed by atoms with E-state index in [0.717, 1.165) is 5.70 Å². The maximum atomic E-state index is 6.19. The molecule has 1 aromatic rings. The second kappa shape index (κ2) is 11.8. The van der Waals surface area contributed by atoms with E-state index in [1.807, 2.05) is 20.8 Å². The van der Waals surface area contributed by atoms with Crippen molar-refractivity contribution in [3.05, 3.63) is 44.0 Å². The Hall–Kier alpha value is -0.780. The van der Waals surface area contributed by atoms with E-state index in [0.29, 0.717) is 41.2 Å². The van der Waals surface area contributed by atoms with Gasteiger partial charge in [0.2, 0.25) is 0 Å². The normalized spacial score (nSPS) is 10.2. The average Bonchev–Trinajstić information content (AvgIpc) is 2.52. The van der Waals surface area contributed by atoms with Gasteiger partial charge in [0.1, 0.15) is 16.8 Å². The molecule has 0 bridgehead atoms.